The van der Waals surface area contributed by atoms with Gasteiger partial charge in [-0.15, -0.1) is 0 Å². The lowest BCUT2D eigenvalue weighted by molar-refractivity contribution is 0.418. The fourth-order valence-electron chi connectivity index (χ4n) is 0.398. The van der Waals surface area contributed by atoms with Crippen LogP contribution in [0.1, 0.15) is 27.2 Å². The molecule has 0 rings (SSSR count). The number of hydrogen-bond acceptors (Lipinski definition) is 0. The van der Waals surface area contributed by atoms with Crippen molar-refractivity contribution >= 4 is 0 Å². The van der Waals surface area contributed by atoms with E-state index in [1.807, 2.05) is 0 Å². The van der Waals surface area contributed by atoms with E-state index in [4.69, 9.17) is 0 Å². The summed E-state index contributed by atoms with van der Waals surface area (Å²) in [5, 5.41) is 0. The largest absolute Gasteiger partial charge is 0.216 e. The molecule has 0 bridgehead atoms. The molecule has 0 saturated heterocycles. The quantitative estimate of drug-likeness (QED) is 0.494. The Morgan fingerprint density at radius 3 is 2.00 bits per heavy atom. The van der Waals surface area contributed by atoms with Crippen LogP contribution in [-0.2, 0) is 0 Å². The molecular weight excluding hydrogens is 103 g/mol. The van der Waals surface area contributed by atoms with Gasteiger partial charge < -0.3 is 0 Å². The Kier molecular flexibility index (Phi) is 2.74. The fourth-order valence-corrected chi connectivity index (χ4v) is 0.398. The lowest BCUT2D eigenvalue weighted by Crippen LogP contribution is -2.01. The van der Waals surface area contributed by atoms with Crippen LogP contribution in [0, 0.1) is 5.41 Å². The van der Waals surface area contributed by atoms with Gasteiger partial charge in [0.25, 0.3) is 0 Å². The molecule has 0 nitrogen and oxygen atoms in total. The predicted molar refractivity (Wildman–Crippen MR) is 34.3 cm³/mol. The average Bonchev–Trinajstić information content (AvgIpc) is 1.59. The van der Waals surface area contributed by atoms with Crippen molar-refractivity contribution < 1.29 is 4.39 Å². The van der Waals surface area contributed by atoms with Crippen LogP contribution in [0.4, 0.5) is 4.39 Å². The third-order valence-electron chi connectivity index (χ3n) is 0.819. The van der Waals surface area contributed by atoms with Crippen molar-refractivity contribution in [3.05, 3.63) is 12.4 Å². The summed E-state index contributed by atoms with van der Waals surface area (Å²) in [6, 6.07) is 0. The standard InChI is InChI=1S/C7H13F/c1-7(2,3)5-4-6-8/h4,6H,5H2,1-3H3. The molecule has 0 amide bonds. The molecule has 0 unspecified atom stereocenters. The molecule has 0 aliphatic carbocycles. The third kappa shape index (κ3) is 5.67. The van der Waals surface area contributed by atoms with E-state index in [0.29, 0.717) is 6.33 Å². The molecule has 0 saturated carbocycles. The molecule has 0 spiro atoms. The second-order valence-electron chi connectivity index (χ2n) is 3.13. The van der Waals surface area contributed by atoms with E-state index < -0.39 is 0 Å². The van der Waals surface area contributed by atoms with Gasteiger partial charge in [0.2, 0.25) is 0 Å². The van der Waals surface area contributed by atoms with E-state index in [9.17, 15) is 4.39 Å². The van der Waals surface area contributed by atoms with Gasteiger partial charge in [0, 0.05) is 0 Å². The van der Waals surface area contributed by atoms with Gasteiger partial charge >= 0.3 is 0 Å². The maximum atomic E-state index is 11.3. The summed E-state index contributed by atoms with van der Waals surface area (Å²) in [6.07, 6.45) is 2.95. The van der Waals surface area contributed by atoms with Crippen LogP contribution >= 0.6 is 0 Å². The zero-order valence-electron chi connectivity index (χ0n) is 5.74. The van der Waals surface area contributed by atoms with E-state index in [1.165, 1.54) is 0 Å². The summed E-state index contributed by atoms with van der Waals surface area (Å²) in [7, 11) is 0. The molecule has 1 heteroatoms. The minimum absolute atomic E-state index is 0.225. The summed E-state index contributed by atoms with van der Waals surface area (Å²) in [6.45, 7) is 6.23. The molecule has 0 aliphatic heterocycles. The van der Waals surface area contributed by atoms with E-state index in [1.54, 1.807) is 6.08 Å². The van der Waals surface area contributed by atoms with Gasteiger partial charge in [-0.2, -0.15) is 0 Å². The smallest absolute Gasteiger partial charge is 0.0827 e. The zero-order chi connectivity index (χ0) is 6.62. The summed E-state index contributed by atoms with van der Waals surface area (Å²) in [4.78, 5) is 0. The molecule has 0 aliphatic rings. The molecule has 0 fully saturated rings. The van der Waals surface area contributed by atoms with Gasteiger partial charge in [-0.05, 0) is 11.8 Å². The first-order valence-electron chi connectivity index (χ1n) is 2.81. The van der Waals surface area contributed by atoms with Crippen LogP contribution in [-0.4, -0.2) is 0 Å². The number of hydrogen-bond donors (Lipinski definition) is 0. The Morgan fingerprint density at radius 2 is 1.88 bits per heavy atom. The van der Waals surface area contributed by atoms with E-state index in [0.717, 1.165) is 6.42 Å². The van der Waals surface area contributed by atoms with Crippen molar-refractivity contribution in [2.45, 2.75) is 27.2 Å². The van der Waals surface area contributed by atoms with Gasteiger partial charge in [0.15, 0.2) is 0 Å². The van der Waals surface area contributed by atoms with Crippen molar-refractivity contribution in [1.29, 1.82) is 0 Å². The molecule has 8 heavy (non-hydrogen) atoms. The summed E-state index contributed by atoms with van der Waals surface area (Å²) in [5.74, 6) is 0. The molecule has 0 aromatic heterocycles. The monoisotopic (exact) mass is 116 g/mol. The second-order valence-corrected chi connectivity index (χ2v) is 3.13. The normalized spacial score (nSPS) is 13.0. The lowest BCUT2D eigenvalue weighted by atomic mass is 9.93. The topological polar surface area (TPSA) is 0 Å². The second kappa shape index (κ2) is 2.85. The Labute approximate surface area is 50.4 Å². The SMILES string of the molecule is CC(C)(C)CC=CF. The van der Waals surface area contributed by atoms with Gasteiger partial charge in [-0.3, -0.25) is 0 Å². The highest BCUT2D eigenvalue weighted by Crippen LogP contribution is 2.18. The first-order valence-corrected chi connectivity index (χ1v) is 2.81. The zero-order valence-corrected chi connectivity index (χ0v) is 5.74. The van der Waals surface area contributed by atoms with Crippen molar-refractivity contribution in [3.8, 4) is 0 Å². The molecule has 0 N–H and O–H groups in total. The average molecular weight is 116 g/mol. The Morgan fingerprint density at radius 1 is 1.38 bits per heavy atom. The van der Waals surface area contributed by atoms with Crippen LogP contribution in [0.5, 0.6) is 0 Å². The Hall–Kier alpha value is -0.330. The summed E-state index contributed by atoms with van der Waals surface area (Å²) in [5.41, 5.74) is 0.225. The van der Waals surface area contributed by atoms with E-state index in [2.05, 4.69) is 20.8 Å². The van der Waals surface area contributed by atoms with Gasteiger partial charge in [0.1, 0.15) is 0 Å². The highest BCUT2D eigenvalue weighted by Gasteiger charge is 2.05. The van der Waals surface area contributed by atoms with Gasteiger partial charge in [-0.25, -0.2) is 4.39 Å². The Bertz CT molecular complexity index is 76.9. The minimum Gasteiger partial charge on any atom is -0.216 e. The molecule has 0 aromatic rings. The predicted octanol–water partition coefficient (Wildman–Crippen LogP) is 2.91. The van der Waals surface area contributed by atoms with Crippen LogP contribution in [0.15, 0.2) is 12.4 Å². The molecule has 0 radical (unpaired) electrons. The molecule has 48 valence electrons. The van der Waals surface area contributed by atoms with Crippen LogP contribution in [0.25, 0.3) is 0 Å². The number of halogens is 1. The summed E-state index contributed by atoms with van der Waals surface area (Å²) < 4.78 is 11.3. The molecule has 0 aromatic carbocycles. The molecule has 0 atom stereocenters. The minimum atomic E-state index is 0.225. The highest BCUT2D eigenvalue weighted by molar-refractivity contribution is 4.78. The van der Waals surface area contributed by atoms with E-state index in [-0.39, 0.29) is 5.41 Å². The summed E-state index contributed by atoms with van der Waals surface area (Å²) >= 11 is 0. The molecule has 0 heterocycles. The fraction of sp³-hybridized carbons (Fsp3) is 0.714. The van der Waals surface area contributed by atoms with Crippen LogP contribution in [0.3, 0.4) is 0 Å². The van der Waals surface area contributed by atoms with Crippen LogP contribution < -0.4 is 0 Å². The third-order valence-corrected chi connectivity index (χ3v) is 0.819. The van der Waals surface area contributed by atoms with Gasteiger partial charge in [-0.1, -0.05) is 26.8 Å². The van der Waals surface area contributed by atoms with E-state index >= 15 is 0 Å². The van der Waals surface area contributed by atoms with Crippen molar-refractivity contribution in [3.63, 3.8) is 0 Å². The highest BCUT2D eigenvalue weighted by atomic mass is 19.1. The van der Waals surface area contributed by atoms with Crippen molar-refractivity contribution in [2.24, 2.45) is 5.41 Å². The first-order chi connectivity index (χ1) is 3.56. The number of allylic oxidation sites excluding steroid dienone is 1. The van der Waals surface area contributed by atoms with Gasteiger partial charge in [0.05, 0.1) is 6.33 Å². The first kappa shape index (κ1) is 7.67. The lowest BCUT2D eigenvalue weighted by Gasteiger charge is -2.13. The maximum absolute atomic E-state index is 11.3. The number of rotatable bonds is 1. The van der Waals surface area contributed by atoms with Crippen LogP contribution in [0.2, 0.25) is 0 Å². The maximum Gasteiger partial charge on any atom is 0.0827 e. The van der Waals surface area contributed by atoms with Crippen molar-refractivity contribution in [1.82, 2.24) is 0 Å². The van der Waals surface area contributed by atoms with Crippen molar-refractivity contribution in [2.75, 3.05) is 0 Å². The molecular formula is C7H13F. The Balaban J connectivity index is 3.39.